The quantitative estimate of drug-likeness (QED) is 0.853. The van der Waals surface area contributed by atoms with Crippen molar-refractivity contribution in [3.63, 3.8) is 0 Å². The molecular formula is C21H25N5O. The molecule has 0 unspecified atom stereocenters. The lowest BCUT2D eigenvalue weighted by Crippen LogP contribution is -2.47. The smallest absolute Gasteiger partial charge is 0.221 e. The lowest BCUT2D eigenvalue weighted by molar-refractivity contribution is -0.122. The Hall–Kier alpha value is -2.91. The van der Waals surface area contributed by atoms with Crippen molar-refractivity contribution in [1.29, 1.82) is 5.26 Å². The van der Waals surface area contributed by atoms with Gasteiger partial charge in [0, 0.05) is 45.3 Å². The number of nitriles is 1. The zero-order valence-corrected chi connectivity index (χ0v) is 15.6. The third kappa shape index (κ3) is 5.28. The molecule has 0 radical (unpaired) electrons. The first kappa shape index (κ1) is 18.9. The number of nitrogens with one attached hydrogen (secondary N) is 1. The molecule has 1 aliphatic rings. The largest absolute Gasteiger partial charge is 0.354 e. The monoisotopic (exact) mass is 363 g/mol. The van der Waals surface area contributed by atoms with E-state index in [-0.39, 0.29) is 11.9 Å². The van der Waals surface area contributed by atoms with Gasteiger partial charge in [-0.2, -0.15) is 5.26 Å². The lowest BCUT2D eigenvalue weighted by Gasteiger charge is -2.35. The maximum Gasteiger partial charge on any atom is 0.221 e. The molecule has 1 aromatic heterocycles. The summed E-state index contributed by atoms with van der Waals surface area (Å²) in [5.74, 6) is 0.991. The Morgan fingerprint density at radius 1 is 1.19 bits per heavy atom. The number of piperazine rings is 1. The molecule has 1 N–H and O–H groups in total. The molecule has 0 saturated carbocycles. The number of benzene rings is 1. The van der Waals surface area contributed by atoms with E-state index in [1.807, 2.05) is 43.3 Å². The van der Waals surface area contributed by atoms with Gasteiger partial charge >= 0.3 is 0 Å². The molecule has 3 rings (SSSR count). The average Bonchev–Trinajstić information content (AvgIpc) is 2.73. The van der Waals surface area contributed by atoms with Crippen LogP contribution in [0.2, 0.25) is 0 Å². The molecule has 0 bridgehead atoms. The van der Waals surface area contributed by atoms with Gasteiger partial charge in [-0.25, -0.2) is 4.98 Å². The van der Waals surface area contributed by atoms with Crippen molar-refractivity contribution >= 4 is 11.7 Å². The average molecular weight is 363 g/mol. The molecule has 0 aliphatic carbocycles. The van der Waals surface area contributed by atoms with Gasteiger partial charge in [-0.1, -0.05) is 30.3 Å². The summed E-state index contributed by atoms with van der Waals surface area (Å²) in [5.41, 5.74) is 1.70. The van der Waals surface area contributed by atoms with Crippen LogP contribution in [0.5, 0.6) is 0 Å². The first-order valence-corrected chi connectivity index (χ1v) is 9.33. The molecule has 1 aromatic carbocycles. The first-order valence-electron chi connectivity index (χ1n) is 9.33. The maximum absolute atomic E-state index is 12.2. The van der Waals surface area contributed by atoms with Crippen molar-refractivity contribution in [3.8, 4) is 6.07 Å². The molecule has 140 valence electrons. The van der Waals surface area contributed by atoms with Crippen LogP contribution in [0, 0.1) is 11.3 Å². The molecule has 2 heterocycles. The van der Waals surface area contributed by atoms with Crippen molar-refractivity contribution in [3.05, 3.63) is 59.8 Å². The van der Waals surface area contributed by atoms with Crippen LogP contribution in [0.15, 0.2) is 48.7 Å². The van der Waals surface area contributed by atoms with E-state index in [9.17, 15) is 4.79 Å². The summed E-state index contributed by atoms with van der Waals surface area (Å²) < 4.78 is 0. The van der Waals surface area contributed by atoms with Crippen LogP contribution in [0.1, 0.15) is 30.5 Å². The van der Waals surface area contributed by atoms with Crippen LogP contribution in [-0.2, 0) is 4.79 Å². The fourth-order valence-electron chi connectivity index (χ4n) is 3.24. The van der Waals surface area contributed by atoms with Crippen LogP contribution >= 0.6 is 0 Å². The van der Waals surface area contributed by atoms with E-state index in [1.54, 1.807) is 12.3 Å². The summed E-state index contributed by atoms with van der Waals surface area (Å²) >= 11 is 0. The Labute approximate surface area is 160 Å². The third-order valence-electron chi connectivity index (χ3n) is 4.91. The molecule has 0 spiro atoms. The second kappa shape index (κ2) is 9.15. The Morgan fingerprint density at radius 3 is 2.56 bits per heavy atom. The van der Waals surface area contributed by atoms with Gasteiger partial charge < -0.3 is 10.2 Å². The molecule has 1 atom stereocenters. The molecule has 6 heteroatoms. The molecule has 27 heavy (non-hydrogen) atoms. The van der Waals surface area contributed by atoms with Crippen LogP contribution in [0.4, 0.5) is 5.82 Å². The van der Waals surface area contributed by atoms with Gasteiger partial charge in [0.15, 0.2) is 0 Å². The number of carbonyl (C=O) groups excluding carboxylic acids is 1. The number of rotatable bonds is 6. The molecule has 2 aromatic rings. The van der Waals surface area contributed by atoms with Crippen LogP contribution in [0.3, 0.4) is 0 Å². The molecule has 6 nitrogen and oxygen atoms in total. The minimum Gasteiger partial charge on any atom is -0.354 e. The summed E-state index contributed by atoms with van der Waals surface area (Å²) in [4.78, 5) is 21.1. The van der Waals surface area contributed by atoms with Crippen LogP contribution in [-0.4, -0.2) is 48.5 Å². The number of hydrogen-bond donors (Lipinski definition) is 1. The van der Waals surface area contributed by atoms with E-state index < -0.39 is 0 Å². The second-order valence-corrected chi connectivity index (χ2v) is 6.80. The highest BCUT2D eigenvalue weighted by Gasteiger charge is 2.19. The van der Waals surface area contributed by atoms with Gasteiger partial charge in [-0.15, -0.1) is 0 Å². The Morgan fingerprint density at radius 2 is 1.93 bits per heavy atom. The Kier molecular flexibility index (Phi) is 6.39. The molecular weight excluding hydrogens is 338 g/mol. The van der Waals surface area contributed by atoms with E-state index in [2.05, 4.69) is 26.2 Å². The Balaban J connectivity index is 1.40. The summed E-state index contributed by atoms with van der Waals surface area (Å²) in [5, 5.41) is 11.9. The van der Waals surface area contributed by atoms with Crippen LogP contribution < -0.4 is 10.2 Å². The van der Waals surface area contributed by atoms with Crippen molar-refractivity contribution in [2.45, 2.75) is 19.4 Å². The zero-order chi connectivity index (χ0) is 19.1. The van der Waals surface area contributed by atoms with Gasteiger partial charge in [0.1, 0.15) is 11.9 Å². The first-order chi connectivity index (χ1) is 13.2. The molecule has 1 amide bonds. The van der Waals surface area contributed by atoms with E-state index in [1.165, 1.54) is 0 Å². The SMILES string of the molecule is C[C@H](NC(=O)CCN1CCN(c2ccc(C#N)cn2)CC1)c1ccccc1. The highest BCUT2D eigenvalue weighted by atomic mass is 16.1. The fourth-order valence-corrected chi connectivity index (χ4v) is 3.24. The van der Waals surface area contributed by atoms with Gasteiger partial charge in [0.05, 0.1) is 11.6 Å². The highest BCUT2D eigenvalue weighted by Crippen LogP contribution is 2.14. The highest BCUT2D eigenvalue weighted by molar-refractivity contribution is 5.76. The maximum atomic E-state index is 12.2. The lowest BCUT2D eigenvalue weighted by atomic mass is 10.1. The molecule has 1 aliphatic heterocycles. The van der Waals surface area contributed by atoms with Gasteiger partial charge in [0.2, 0.25) is 5.91 Å². The number of aromatic nitrogens is 1. The second-order valence-electron chi connectivity index (χ2n) is 6.80. The van der Waals surface area contributed by atoms with E-state index in [0.29, 0.717) is 12.0 Å². The summed E-state index contributed by atoms with van der Waals surface area (Å²) in [6, 6.07) is 15.8. The van der Waals surface area contributed by atoms with Crippen molar-refractivity contribution in [2.24, 2.45) is 0 Å². The number of carbonyl (C=O) groups is 1. The summed E-state index contributed by atoms with van der Waals surface area (Å²) in [6.07, 6.45) is 2.12. The van der Waals surface area contributed by atoms with Crippen molar-refractivity contribution < 1.29 is 4.79 Å². The summed E-state index contributed by atoms with van der Waals surface area (Å²) in [7, 11) is 0. The minimum absolute atomic E-state index is 0.0259. The molecule has 1 saturated heterocycles. The number of hydrogen-bond acceptors (Lipinski definition) is 5. The normalized spacial score (nSPS) is 15.8. The number of amides is 1. The number of pyridine rings is 1. The van der Waals surface area contributed by atoms with Crippen LogP contribution in [0.25, 0.3) is 0 Å². The van der Waals surface area contributed by atoms with Crippen molar-refractivity contribution in [1.82, 2.24) is 15.2 Å². The third-order valence-corrected chi connectivity index (χ3v) is 4.91. The Bertz CT molecular complexity index is 776. The van der Waals surface area contributed by atoms with E-state index >= 15 is 0 Å². The number of anilines is 1. The predicted molar refractivity (Wildman–Crippen MR) is 105 cm³/mol. The minimum atomic E-state index is 0.0259. The summed E-state index contributed by atoms with van der Waals surface area (Å²) in [6.45, 7) is 6.34. The predicted octanol–water partition coefficient (Wildman–Crippen LogP) is 2.34. The topological polar surface area (TPSA) is 72.3 Å². The zero-order valence-electron chi connectivity index (χ0n) is 15.6. The van der Waals surface area contributed by atoms with Gasteiger partial charge in [-0.3, -0.25) is 9.69 Å². The molecule has 1 fully saturated rings. The van der Waals surface area contributed by atoms with Gasteiger partial charge in [0.25, 0.3) is 0 Å². The van der Waals surface area contributed by atoms with Crippen molar-refractivity contribution in [2.75, 3.05) is 37.6 Å². The number of nitrogens with zero attached hydrogens (tertiary/aromatic N) is 4. The van der Waals surface area contributed by atoms with E-state index in [0.717, 1.165) is 44.1 Å². The fraction of sp³-hybridized carbons (Fsp3) is 0.381. The standard InChI is InChI=1S/C21H25N5O/c1-17(19-5-3-2-4-6-19)24-21(27)9-10-25-11-13-26(14-12-25)20-8-7-18(15-22)16-23-20/h2-8,16-17H,9-14H2,1H3,(H,24,27)/t17-/m0/s1. The van der Waals surface area contributed by atoms with E-state index in [4.69, 9.17) is 5.26 Å². The van der Waals surface area contributed by atoms with Gasteiger partial charge in [-0.05, 0) is 24.6 Å².